The van der Waals surface area contributed by atoms with Gasteiger partial charge < -0.3 is 9.47 Å². The molecular formula is C45H30N4. The van der Waals surface area contributed by atoms with E-state index in [4.69, 9.17) is 0 Å². The van der Waals surface area contributed by atoms with Crippen LogP contribution in [-0.2, 0) is 0 Å². The highest BCUT2D eigenvalue weighted by Gasteiger charge is 2.41. The summed E-state index contributed by atoms with van der Waals surface area (Å²) in [4.78, 5) is 2.32. The van der Waals surface area contributed by atoms with Crippen LogP contribution in [0.3, 0.4) is 0 Å². The fourth-order valence-corrected chi connectivity index (χ4v) is 7.98. The summed E-state index contributed by atoms with van der Waals surface area (Å²) in [5, 5.41) is 22.5. The first kappa shape index (κ1) is 28.6. The Bertz CT molecular complexity index is 2570. The summed E-state index contributed by atoms with van der Waals surface area (Å²) >= 11 is 0. The number of allylic oxidation sites excluding steroid dienone is 2. The van der Waals surface area contributed by atoms with Crippen molar-refractivity contribution >= 4 is 33.2 Å². The summed E-state index contributed by atoms with van der Waals surface area (Å²) in [7, 11) is 0. The second-order valence-electron chi connectivity index (χ2n) is 12.8. The van der Waals surface area contributed by atoms with Crippen molar-refractivity contribution in [2.24, 2.45) is 0 Å². The van der Waals surface area contributed by atoms with E-state index in [2.05, 4.69) is 150 Å². The number of nitrogens with zero attached hydrogens (tertiary/aromatic N) is 4. The Morgan fingerprint density at radius 1 is 0.592 bits per heavy atom. The third-order valence-electron chi connectivity index (χ3n) is 10.1. The molecule has 230 valence electrons. The van der Waals surface area contributed by atoms with Crippen molar-refractivity contribution in [1.29, 1.82) is 10.5 Å². The summed E-state index contributed by atoms with van der Waals surface area (Å²) in [5.74, 6) is -0.0282. The third-order valence-corrected chi connectivity index (χ3v) is 10.1. The summed E-state index contributed by atoms with van der Waals surface area (Å²) < 4.78 is 2.39. The van der Waals surface area contributed by atoms with Gasteiger partial charge in [-0.1, -0.05) is 121 Å². The van der Waals surface area contributed by atoms with Gasteiger partial charge in [-0.2, -0.15) is 10.5 Å². The fraction of sp³-hybridized carbons (Fsp3) is 0.0667. The van der Waals surface area contributed by atoms with Crippen LogP contribution in [0.2, 0.25) is 0 Å². The van der Waals surface area contributed by atoms with E-state index in [1.54, 1.807) is 0 Å². The highest BCUT2D eigenvalue weighted by molar-refractivity contribution is 6.10. The number of hydrogen-bond donors (Lipinski definition) is 0. The van der Waals surface area contributed by atoms with Gasteiger partial charge in [0.25, 0.3) is 0 Å². The zero-order valence-electron chi connectivity index (χ0n) is 26.9. The molecule has 0 saturated carbocycles. The molecule has 4 heteroatoms. The number of anilines is 2. The summed E-state index contributed by atoms with van der Waals surface area (Å²) in [6.07, 6.45) is 6.11. The van der Waals surface area contributed by atoms with Gasteiger partial charge in [0.1, 0.15) is 6.07 Å². The number of nitriles is 2. The van der Waals surface area contributed by atoms with E-state index in [9.17, 15) is 10.5 Å². The second kappa shape index (κ2) is 11.3. The van der Waals surface area contributed by atoms with E-state index < -0.39 is 0 Å². The summed E-state index contributed by atoms with van der Waals surface area (Å²) in [6, 6.07) is 51.7. The predicted molar refractivity (Wildman–Crippen MR) is 199 cm³/mol. The topological polar surface area (TPSA) is 55.8 Å². The Hall–Kier alpha value is -6.62. The molecule has 49 heavy (non-hydrogen) atoms. The van der Waals surface area contributed by atoms with Gasteiger partial charge in [0.15, 0.2) is 0 Å². The van der Waals surface area contributed by atoms with E-state index >= 15 is 0 Å². The molecule has 0 N–H and O–H groups in total. The maximum Gasteiger partial charge on any atom is 0.101 e. The molecule has 1 aliphatic carbocycles. The molecule has 9 rings (SSSR count). The van der Waals surface area contributed by atoms with Gasteiger partial charge in [0.2, 0.25) is 0 Å². The molecule has 0 fully saturated rings. The smallest absolute Gasteiger partial charge is 0.101 e. The van der Waals surface area contributed by atoms with Gasteiger partial charge in [-0.15, -0.1) is 0 Å². The molecule has 4 nitrogen and oxygen atoms in total. The molecule has 2 aliphatic rings. The monoisotopic (exact) mass is 626 g/mol. The van der Waals surface area contributed by atoms with Crippen molar-refractivity contribution in [2.45, 2.75) is 18.9 Å². The number of fused-ring (bicyclic) bond motifs is 6. The molecule has 1 aliphatic heterocycles. The molecule has 0 spiro atoms. The molecule has 0 saturated heterocycles. The summed E-state index contributed by atoms with van der Waals surface area (Å²) in [6.45, 7) is 2.14. The molecule has 1 aromatic heterocycles. The highest BCUT2D eigenvalue weighted by atomic mass is 15.2. The third kappa shape index (κ3) is 4.36. The Kier molecular flexibility index (Phi) is 6.57. The number of para-hydroxylation sites is 5. The fourth-order valence-electron chi connectivity index (χ4n) is 7.98. The van der Waals surface area contributed by atoms with Gasteiger partial charge in [-0.3, -0.25) is 0 Å². The number of benzene rings is 6. The average molecular weight is 627 g/mol. The zero-order chi connectivity index (χ0) is 33.1. The van der Waals surface area contributed by atoms with E-state index in [0.29, 0.717) is 11.1 Å². The van der Waals surface area contributed by atoms with Gasteiger partial charge in [0.05, 0.1) is 45.8 Å². The van der Waals surface area contributed by atoms with E-state index in [0.717, 1.165) is 50.4 Å². The SMILES string of the molecule is Cc1ccc(-c2ccccc2-n2c3ccccc3c3ccccc32)c(-c2cccc3c2N(c2ccccc2C#N)C2C=CC(C#N)=CC32)c1. The highest BCUT2D eigenvalue weighted by Crippen LogP contribution is 2.54. The first-order chi connectivity index (χ1) is 24.2. The number of hydrogen-bond acceptors (Lipinski definition) is 3. The van der Waals surface area contributed by atoms with Crippen LogP contribution in [0.25, 0.3) is 49.7 Å². The van der Waals surface area contributed by atoms with Gasteiger partial charge in [-0.25, -0.2) is 0 Å². The van der Waals surface area contributed by atoms with Crippen LogP contribution in [-0.4, -0.2) is 10.6 Å². The molecule has 0 amide bonds. The van der Waals surface area contributed by atoms with E-state index in [1.807, 2.05) is 30.3 Å². The van der Waals surface area contributed by atoms with Crippen LogP contribution in [0.15, 0.2) is 157 Å². The van der Waals surface area contributed by atoms with Crippen molar-refractivity contribution in [3.63, 3.8) is 0 Å². The van der Waals surface area contributed by atoms with E-state index in [1.165, 1.54) is 21.8 Å². The van der Waals surface area contributed by atoms with Crippen molar-refractivity contribution in [3.05, 3.63) is 174 Å². The van der Waals surface area contributed by atoms with Crippen molar-refractivity contribution in [2.75, 3.05) is 4.90 Å². The largest absolute Gasteiger partial charge is 0.332 e. The molecule has 6 aromatic carbocycles. The van der Waals surface area contributed by atoms with Crippen LogP contribution in [0.1, 0.15) is 22.6 Å². The molecule has 7 aromatic rings. The minimum absolute atomic E-state index is 0.0282. The van der Waals surface area contributed by atoms with E-state index in [-0.39, 0.29) is 12.0 Å². The van der Waals surface area contributed by atoms with Gasteiger partial charge >= 0.3 is 0 Å². The Labute approximate surface area is 285 Å². The normalized spacial score (nSPS) is 16.2. The van der Waals surface area contributed by atoms with Crippen LogP contribution >= 0.6 is 0 Å². The van der Waals surface area contributed by atoms with Crippen LogP contribution in [0.4, 0.5) is 11.4 Å². The van der Waals surface area contributed by atoms with Crippen LogP contribution in [0, 0.1) is 29.6 Å². The Morgan fingerprint density at radius 2 is 1.27 bits per heavy atom. The van der Waals surface area contributed by atoms with Gasteiger partial charge in [0, 0.05) is 33.4 Å². The Morgan fingerprint density at radius 3 is 2.02 bits per heavy atom. The molecule has 2 unspecified atom stereocenters. The quantitative estimate of drug-likeness (QED) is 0.195. The number of aromatic nitrogens is 1. The lowest BCUT2D eigenvalue weighted by Crippen LogP contribution is -2.29. The molecule has 0 radical (unpaired) electrons. The number of rotatable bonds is 4. The molecule has 0 bridgehead atoms. The first-order valence-electron chi connectivity index (χ1n) is 16.6. The summed E-state index contributed by atoms with van der Waals surface area (Å²) in [5.41, 5.74) is 13.4. The minimum atomic E-state index is -0.0686. The first-order valence-corrected chi connectivity index (χ1v) is 16.6. The van der Waals surface area contributed by atoms with Crippen LogP contribution < -0.4 is 4.90 Å². The zero-order valence-corrected chi connectivity index (χ0v) is 26.9. The van der Waals surface area contributed by atoms with Crippen molar-refractivity contribution in [1.82, 2.24) is 4.57 Å². The lowest BCUT2D eigenvalue weighted by molar-refractivity contribution is 0.741. The lowest BCUT2D eigenvalue weighted by atomic mass is 9.86. The standard InChI is InChI=1S/C45H30N4/c1-29-21-23-32(33-12-3-7-18-41(33)48-42-19-8-4-13-34(42)35-14-5-9-20-43(35)48)38(25-29)36-15-10-16-37-39-26-30(27-46)22-24-44(39)49(45(36)37)40-17-6-2-11-31(40)28-47/h2-26,39,44H,1H3. The maximum absolute atomic E-state index is 10.2. The minimum Gasteiger partial charge on any atom is -0.332 e. The second-order valence-corrected chi connectivity index (χ2v) is 12.8. The molecule has 2 atom stereocenters. The maximum atomic E-state index is 10.2. The number of aryl methyl sites for hydroxylation is 1. The van der Waals surface area contributed by atoms with Crippen LogP contribution in [0.5, 0.6) is 0 Å². The predicted octanol–water partition coefficient (Wildman–Crippen LogP) is 10.9. The molecular weight excluding hydrogens is 597 g/mol. The Balaban J connectivity index is 1.32. The van der Waals surface area contributed by atoms with Crippen molar-refractivity contribution < 1.29 is 0 Å². The molecule has 2 heterocycles. The van der Waals surface area contributed by atoms with Crippen molar-refractivity contribution in [3.8, 4) is 40.1 Å². The lowest BCUT2D eigenvalue weighted by Gasteiger charge is -2.31. The average Bonchev–Trinajstić information content (AvgIpc) is 3.67. The van der Waals surface area contributed by atoms with Gasteiger partial charge in [-0.05, 0) is 60.0 Å².